The van der Waals surface area contributed by atoms with Gasteiger partial charge < -0.3 is 5.73 Å². The number of likely N-dealkylation sites (N-methyl/N-ethyl adjacent to an activating group) is 1. The highest BCUT2D eigenvalue weighted by atomic mass is 79.9. The monoisotopic (exact) mass is 312 g/mol. The van der Waals surface area contributed by atoms with Gasteiger partial charge in [-0.25, -0.2) is 0 Å². The molecular formula is C15H25BrN2. The SMILES string of the molecule is CCC(C)N(CC)C(c1ccccc1Br)C(C)N. The fourth-order valence-corrected chi connectivity index (χ4v) is 3.02. The van der Waals surface area contributed by atoms with E-state index in [-0.39, 0.29) is 12.1 Å². The number of hydrogen-bond acceptors (Lipinski definition) is 2. The molecule has 0 heterocycles. The first kappa shape index (κ1) is 15.7. The molecule has 3 heteroatoms. The molecule has 0 aliphatic rings. The minimum absolute atomic E-state index is 0.109. The van der Waals surface area contributed by atoms with Gasteiger partial charge in [0.15, 0.2) is 0 Å². The van der Waals surface area contributed by atoms with Crippen LogP contribution in [-0.2, 0) is 0 Å². The van der Waals surface area contributed by atoms with Gasteiger partial charge in [0.25, 0.3) is 0 Å². The lowest BCUT2D eigenvalue weighted by Crippen LogP contribution is -2.44. The topological polar surface area (TPSA) is 29.3 Å². The molecule has 1 aromatic rings. The van der Waals surface area contributed by atoms with Crippen LogP contribution in [0, 0.1) is 0 Å². The molecule has 2 nitrogen and oxygen atoms in total. The van der Waals surface area contributed by atoms with Crippen molar-refractivity contribution >= 4 is 15.9 Å². The summed E-state index contributed by atoms with van der Waals surface area (Å²) in [5.74, 6) is 0. The van der Waals surface area contributed by atoms with Gasteiger partial charge in [-0.05, 0) is 38.4 Å². The molecule has 0 bridgehead atoms. The Bertz CT molecular complexity index is 365. The van der Waals surface area contributed by atoms with Gasteiger partial charge in [-0.15, -0.1) is 0 Å². The minimum Gasteiger partial charge on any atom is -0.326 e. The minimum atomic E-state index is 0.109. The second-order valence-electron chi connectivity index (χ2n) is 4.91. The van der Waals surface area contributed by atoms with Crippen LogP contribution < -0.4 is 5.73 Å². The van der Waals surface area contributed by atoms with E-state index in [9.17, 15) is 0 Å². The van der Waals surface area contributed by atoms with Gasteiger partial charge in [-0.3, -0.25) is 4.90 Å². The Morgan fingerprint density at radius 1 is 1.22 bits per heavy atom. The molecule has 2 N–H and O–H groups in total. The molecule has 0 saturated carbocycles. The van der Waals surface area contributed by atoms with Gasteiger partial charge in [0.1, 0.15) is 0 Å². The Labute approximate surface area is 120 Å². The van der Waals surface area contributed by atoms with E-state index in [1.165, 1.54) is 5.56 Å². The van der Waals surface area contributed by atoms with Crippen LogP contribution in [0.3, 0.4) is 0 Å². The van der Waals surface area contributed by atoms with Crippen molar-refractivity contribution < 1.29 is 0 Å². The predicted molar refractivity (Wildman–Crippen MR) is 82.7 cm³/mol. The average molecular weight is 313 g/mol. The van der Waals surface area contributed by atoms with E-state index < -0.39 is 0 Å². The van der Waals surface area contributed by atoms with Crippen molar-refractivity contribution in [1.29, 1.82) is 0 Å². The third-order valence-electron chi connectivity index (χ3n) is 3.60. The zero-order chi connectivity index (χ0) is 13.7. The van der Waals surface area contributed by atoms with E-state index in [4.69, 9.17) is 5.73 Å². The van der Waals surface area contributed by atoms with E-state index in [1.54, 1.807) is 0 Å². The third kappa shape index (κ3) is 3.56. The quantitative estimate of drug-likeness (QED) is 0.861. The number of rotatable bonds is 6. The van der Waals surface area contributed by atoms with Crippen LogP contribution in [0.1, 0.15) is 45.7 Å². The summed E-state index contributed by atoms with van der Waals surface area (Å²) < 4.78 is 1.15. The lowest BCUT2D eigenvalue weighted by Gasteiger charge is -2.38. The van der Waals surface area contributed by atoms with E-state index in [2.05, 4.69) is 66.7 Å². The van der Waals surface area contributed by atoms with Crippen LogP contribution in [0.4, 0.5) is 0 Å². The molecule has 0 radical (unpaired) electrons. The summed E-state index contributed by atoms with van der Waals surface area (Å²) in [7, 11) is 0. The molecule has 1 aromatic carbocycles. The molecule has 18 heavy (non-hydrogen) atoms. The lowest BCUT2D eigenvalue weighted by atomic mass is 9.97. The maximum Gasteiger partial charge on any atom is 0.0510 e. The maximum absolute atomic E-state index is 6.24. The van der Waals surface area contributed by atoms with E-state index in [1.807, 2.05) is 6.07 Å². The molecule has 0 amide bonds. The second-order valence-corrected chi connectivity index (χ2v) is 5.77. The number of nitrogens with two attached hydrogens (primary N) is 1. The molecule has 0 aliphatic heterocycles. The van der Waals surface area contributed by atoms with Crippen LogP contribution in [0.2, 0.25) is 0 Å². The summed E-state index contributed by atoms with van der Waals surface area (Å²) in [6.45, 7) is 9.82. The Balaban J connectivity index is 3.13. The molecule has 1 rings (SSSR count). The lowest BCUT2D eigenvalue weighted by molar-refractivity contribution is 0.131. The van der Waals surface area contributed by atoms with Gasteiger partial charge in [0, 0.05) is 16.6 Å². The van der Waals surface area contributed by atoms with Crippen LogP contribution in [0.5, 0.6) is 0 Å². The maximum atomic E-state index is 6.24. The predicted octanol–water partition coefficient (Wildman–Crippen LogP) is 3.96. The normalized spacial score (nSPS) is 16.6. The van der Waals surface area contributed by atoms with Crippen molar-refractivity contribution in [2.75, 3.05) is 6.54 Å². The van der Waals surface area contributed by atoms with Crippen LogP contribution in [0.15, 0.2) is 28.7 Å². The van der Waals surface area contributed by atoms with Crippen LogP contribution >= 0.6 is 15.9 Å². The first-order valence-corrected chi connectivity index (χ1v) is 7.57. The number of halogens is 1. The van der Waals surface area contributed by atoms with E-state index in [0.717, 1.165) is 17.4 Å². The molecule has 3 atom stereocenters. The average Bonchev–Trinajstić information content (AvgIpc) is 2.35. The van der Waals surface area contributed by atoms with Crippen molar-refractivity contribution in [1.82, 2.24) is 4.90 Å². The molecule has 102 valence electrons. The summed E-state index contributed by atoms with van der Waals surface area (Å²) in [4.78, 5) is 2.49. The largest absolute Gasteiger partial charge is 0.326 e. The molecule has 0 saturated heterocycles. The van der Waals surface area contributed by atoms with Crippen LogP contribution in [0.25, 0.3) is 0 Å². The first-order chi connectivity index (χ1) is 8.52. The van der Waals surface area contributed by atoms with E-state index >= 15 is 0 Å². The molecule has 0 fully saturated rings. The van der Waals surface area contributed by atoms with Gasteiger partial charge in [-0.1, -0.05) is 48.0 Å². The molecule has 0 aliphatic carbocycles. The van der Waals surface area contributed by atoms with Crippen molar-refractivity contribution in [3.05, 3.63) is 34.3 Å². The highest BCUT2D eigenvalue weighted by molar-refractivity contribution is 9.10. The zero-order valence-electron chi connectivity index (χ0n) is 11.9. The summed E-state index contributed by atoms with van der Waals surface area (Å²) in [5, 5.41) is 0. The second kappa shape index (κ2) is 7.27. The Kier molecular flexibility index (Phi) is 6.33. The highest BCUT2D eigenvalue weighted by Crippen LogP contribution is 2.31. The summed E-state index contributed by atoms with van der Waals surface area (Å²) in [6.07, 6.45) is 1.14. The van der Waals surface area contributed by atoms with Gasteiger partial charge in [0.05, 0.1) is 6.04 Å². The van der Waals surface area contributed by atoms with Crippen molar-refractivity contribution in [3.63, 3.8) is 0 Å². The Hall–Kier alpha value is -0.380. The highest BCUT2D eigenvalue weighted by Gasteiger charge is 2.27. The Morgan fingerprint density at radius 3 is 2.28 bits per heavy atom. The number of benzene rings is 1. The first-order valence-electron chi connectivity index (χ1n) is 6.78. The Morgan fingerprint density at radius 2 is 1.83 bits per heavy atom. The molecule has 0 aromatic heterocycles. The van der Waals surface area contributed by atoms with Crippen molar-refractivity contribution in [2.24, 2.45) is 5.73 Å². The summed E-state index contributed by atoms with van der Waals surface area (Å²) >= 11 is 3.65. The van der Waals surface area contributed by atoms with Gasteiger partial charge in [-0.2, -0.15) is 0 Å². The van der Waals surface area contributed by atoms with Crippen molar-refractivity contribution in [3.8, 4) is 0 Å². The molecule has 0 spiro atoms. The van der Waals surface area contributed by atoms with Crippen molar-refractivity contribution in [2.45, 2.75) is 52.2 Å². The fourth-order valence-electron chi connectivity index (χ4n) is 2.50. The van der Waals surface area contributed by atoms with Crippen LogP contribution in [-0.4, -0.2) is 23.5 Å². The third-order valence-corrected chi connectivity index (χ3v) is 4.32. The standard InChI is InChI=1S/C15H25BrN2/c1-5-11(3)18(6-2)15(12(4)17)13-9-7-8-10-14(13)16/h7-12,15H,5-6,17H2,1-4H3. The summed E-state index contributed by atoms with van der Waals surface area (Å²) in [6, 6.07) is 9.31. The van der Waals surface area contributed by atoms with E-state index in [0.29, 0.717) is 6.04 Å². The zero-order valence-corrected chi connectivity index (χ0v) is 13.4. The van der Waals surface area contributed by atoms with Gasteiger partial charge in [0.2, 0.25) is 0 Å². The van der Waals surface area contributed by atoms with Gasteiger partial charge >= 0.3 is 0 Å². The number of hydrogen-bond donors (Lipinski definition) is 1. The molecule has 3 unspecified atom stereocenters. The molecular weight excluding hydrogens is 288 g/mol. The smallest absolute Gasteiger partial charge is 0.0510 e. The summed E-state index contributed by atoms with van der Waals surface area (Å²) in [5.41, 5.74) is 7.53. The number of nitrogens with zero attached hydrogens (tertiary/aromatic N) is 1. The fraction of sp³-hybridized carbons (Fsp3) is 0.600.